The van der Waals surface area contributed by atoms with Crippen LogP contribution in [-0.2, 0) is 9.53 Å². The topological polar surface area (TPSA) is 51.8 Å². The molecule has 0 spiro atoms. The van der Waals surface area contributed by atoms with Crippen molar-refractivity contribution >= 4 is 52.7 Å². The number of hydrogen-bond donors (Lipinski definition) is 0. The van der Waals surface area contributed by atoms with E-state index in [0.29, 0.717) is 37.7 Å². The Balaban J connectivity index is 1.64. The van der Waals surface area contributed by atoms with Gasteiger partial charge in [0.05, 0.1) is 5.02 Å². The summed E-state index contributed by atoms with van der Waals surface area (Å²) in [6, 6.07) is 15.5. The van der Waals surface area contributed by atoms with Crippen molar-refractivity contribution in [2.75, 3.05) is 0 Å². The van der Waals surface area contributed by atoms with Crippen molar-refractivity contribution in [2.24, 2.45) is 4.99 Å². The maximum atomic E-state index is 12.1. The number of carbonyl (C=O) groups excluding carboxylic acids is 1. The maximum absolute atomic E-state index is 12.1. The summed E-state index contributed by atoms with van der Waals surface area (Å²) >= 11 is 18.1. The summed E-state index contributed by atoms with van der Waals surface area (Å²) in [6.45, 7) is 0. The molecule has 0 saturated heterocycles. The van der Waals surface area contributed by atoms with Crippen LogP contribution in [-0.4, -0.2) is 11.9 Å². The molecule has 1 aliphatic heterocycles. The van der Waals surface area contributed by atoms with Crippen molar-refractivity contribution in [2.45, 2.75) is 0 Å². The van der Waals surface area contributed by atoms with Crippen LogP contribution < -0.4 is 0 Å². The molecule has 0 unspecified atom stereocenters. The monoisotopic (exact) mass is 417 g/mol. The Hall–Kier alpha value is -2.53. The SMILES string of the molecule is O=C1OC(c2cccc(Cl)c2)=N/C1=C\c1ccc(-c2ccc(Cl)cc2Cl)o1. The van der Waals surface area contributed by atoms with Crippen LogP contribution in [0.2, 0.25) is 15.1 Å². The van der Waals surface area contributed by atoms with Crippen molar-refractivity contribution in [3.8, 4) is 11.3 Å². The fraction of sp³-hybridized carbons (Fsp3) is 0. The quantitative estimate of drug-likeness (QED) is 0.373. The zero-order valence-electron chi connectivity index (χ0n) is 13.6. The standard InChI is InChI=1S/C20H10Cl3NO3/c21-12-3-1-2-11(8-12)19-24-17(20(25)27-19)10-14-5-7-18(26-14)15-6-4-13(22)9-16(15)23/h1-10H/b17-10-. The molecule has 0 saturated carbocycles. The first kappa shape index (κ1) is 17.9. The molecule has 1 aliphatic rings. The average molecular weight is 419 g/mol. The van der Waals surface area contributed by atoms with E-state index < -0.39 is 5.97 Å². The smallest absolute Gasteiger partial charge is 0.363 e. The Labute approximate surface area is 169 Å². The molecule has 0 fully saturated rings. The molecule has 3 aromatic rings. The molecule has 1 aromatic heterocycles. The van der Waals surface area contributed by atoms with Gasteiger partial charge in [0.2, 0.25) is 5.90 Å². The third-order valence-electron chi connectivity index (χ3n) is 3.79. The number of carbonyl (C=O) groups is 1. The van der Waals surface area contributed by atoms with Crippen molar-refractivity contribution < 1.29 is 13.9 Å². The minimum atomic E-state index is -0.563. The van der Waals surface area contributed by atoms with Crippen molar-refractivity contribution in [1.82, 2.24) is 0 Å². The molecule has 27 heavy (non-hydrogen) atoms. The van der Waals surface area contributed by atoms with Crippen LogP contribution in [0.25, 0.3) is 17.4 Å². The number of benzene rings is 2. The highest BCUT2D eigenvalue weighted by Crippen LogP contribution is 2.32. The fourth-order valence-electron chi connectivity index (χ4n) is 2.55. The lowest BCUT2D eigenvalue weighted by Crippen LogP contribution is -2.05. The summed E-state index contributed by atoms with van der Waals surface area (Å²) in [4.78, 5) is 16.3. The van der Waals surface area contributed by atoms with Crippen molar-refractivity contribution in [3.63, 3.8) is 0 Å². The van der Waals surface area contributed by atoms with Gasteiger partial charge in [-0.1, -0.05) is 40.9 Å². The lowest BCUT2D eigenvalue weighted by molar-refractivity contribution is -0.129. The molecule has 7 heteroatoms. The van der Waals surface area contributed by atoms with Gasteiger partial charge in [-0.3, -0.25) is 0 Å². The lowest BCUT2D eigenvalue weighted by Gasteiger charge is -2.00. The minimum Gasteiger partial charge on any atom is -0.457 e. The molecule has 2 heterocycles. The predicted molar refractivity (Wildman–Crippen MR) is 106 cm³/mol. The van der Waals surface area contributed by atoms with E-state index >= 15 is 0 Å². The van der Waals surface area contributed by atoms with Crippen LogP contribution in [0.4, 0.5) is 0 Å². The van der Waals surface area contributed by atoms with E-state index in [0.717, 1.165) is 0 Å². The first-order chi connectivity index (χ1) is 13.0. The van der Waals surface area contributed by atoms with Gasteiger partial charge in [0, 0.05) is 27.2 Å². The summed E-state index contributed by atoms with van der Waals surface area (Å²) in [5.74, 6) is 0.627. The first-order valence-electron chi connectivity index (χ1n) is 7.83. The van der Waals surface area contributed by atoms with Crippen LogP contribution in [0.15, 0.2) is 69.7 Å². The van der Waals surface area contributed by atoms with Crippen molar-refractivity contribution in [1.29, 1.82) is 0 Å². The van der Waals surface area contributed by atoms with E-state index in [2.05, 4.69) is 4.99 Å². The molecule has 2 aromatic carbocycles. The second-order valence-corrected chi connectivity index (χ2v) is 6.95. The number of furan rings is 1. The number of aliphatic imine (C=N–C) groups is 1. The highest BCUT2D eigenvalue weighted by atomic mass is 35.5. The maximum Gasteiger partial charge on any atom is 0.363 e. The Kier molecular flexibility index (Phi) is 4.79. The van der Waals surface area contributed by atoms with E-state index in [9.17, 15) is 4.79 Å². The summed E-state index contributed by atoms with van der Waals surface area (Å²) in [5, 5.41) is 1.53. The van der Waals surface area contributed by atoms with E-state index in [1.54, 1.807) is 54.6 Å². The van der Waals surface area contributed by atoms with Gasteiger partial charge in [0.25, 0.3) is 0 Å². The van der Waals surface area contributed by atoms with E-state index in [1.165, 1.54) is 6.08 Å². The molecule has 4 nitrogen and oxygen atoms in total. The molecule has 0 radical (unpaired) electrons. The largest absolute Gasteiger partial charge is 0.457 e. The van der Waals surface area contributed by atoms with E-state index in [1.807, 2.05) is 0 Å². The second kappa shape index (κ2) is 7.24. The fourth-order valence-corrected chi connectivity index (χ4v) is 3.25. The van der Waals surface area contributed by atoms with Gasteiger partial charge in [0.15, 0.2) is 5.70 Å². The Morgan fingerprint density at radius 1 is 0.926 bits per heavy atom. The molecule has 0 bridgehead atoms. The van der Waals surface area contributed by atoms with E-state index in [-0.39, 0.29) is 11.6 Å². The van der Waals surface area contributed by atoms with Crippen LogP contribution in [0, 0.1) is 0 Å². The number of rotatable bonds is 3. The Bertz CT molecular complexity index is 1120. The number of hydrogen-bond acceptors (Lipinski definition) is 4. The van der Waals surface area contributed by atoms with Crippen LogP contribution in [0.5, 0.6) is 0 Å². The third-order valence-corrected chi connectivity index (χ3v) is 4.58. The first-order valence-corrected chi connectivity index (χ1v) is 8.97. The highest BCUT2D eigenvalue weighted by molar-refractivity contribution is 6.36. The predicted octanol–water partition coefficient (Wildman–Crippen LogP) is 6.25. The van der Waals surface area contributed by atoms with Gasteiger partial charge in [-0.15, -0.1) is 0 Å². The van der Waals surface area contributed by atoms with Crippen LogP contribution in [0.3, 0.4) is 0 Å². The van der Waals surface area contributed by atoms with Gasteiger partial charge in [0.1, 0.15) is 11.5 Å². The second-order valence-electron chi connectivity index (χ2n) is 5.67. The molecule has 134 valence electrons. The molecular weight excluding hydrogens is 409 g/mol. The van der Waals surface area contributed by atoms with Gasteiger partial charge in [-0.2, -0.15) is 0 Å². The molecule has 4 rings (SSSR count). The molecular formula is C20H10Cl3NO3. The minimum absolute atomic E-state index is 0.132. The number of nitrogens with zero attached hydrogens (tertiary/aromatic N) is 1. The summed E-state index contributed by atoms with van der Waals surface area (Å²) < 4.78 is 11.0. The van der Waals surface area contributed by atoms with Gasteiger partial charge >= 0.3 is 5.97 Å². The summed E-state index contributed by atoms with van der Waals surface area (Å²) in [7, 11) is 0. The zero-order chi connectivity index (χ0) is 19.0. The third kappa shape index (κ3) is 3.78. The summed E-state index contributed by atoms with van der Waals surface area (Å²) in [5.41, 5.74) is 1.45. The van der Waals surface area contributed by atoms with Crippen molar-refractivity contribution in [3.05, 3.63) is 86.7 Å². The number of halogens is 3. The molecule has 0 amide bonds. The molecule has 0 atom stereocenters. The van der Waals surface area contributed by atoms with Gasteiger partial charge in [-0.05, 0) is 48.5 Å². The lowest BCUT2D eigenvalue weighted by atomic mass is 10.2. The van der Waals surface area contributed by atoms with Crippen LogP contribution >= 0.6 is 34.8 Å². The molecule has 0 N–H and O–H groups in total. The van der Waals surface area contributed by atoms with Crippen LogP contribution in [0.1, 0.15) is 11.3 Å². The molecule has 0 aliphatic carbocycles. The zero-order valence-corrected chi connectivity index (χ0v) is 15.8. The number of cyclic esters (lactones) is 1. The van der Waals surface area contributed by atoms with E-state index in [4.69, 9.17) is 44.0 Å². The summed E-state index contributed by atoms with van der Waals surface area (Å²) in [6.07, 6.45) is 1.51. The average Bonchev–Trinajstić information content (AvgIpc) is 3.23. The highest BCUT2D eigenvalue weighted by Gasteiger charge is 2.24. The number of ether oxygens (including phenoxy) is 1. The Morgan fingerprint density at radius 3 is 2.52 bits per heavy atom. The Morgan fingerprint density at radius 2 is 1.74 bits per heavy atom. The number of esters is 1. The van der Waals surface area contributed by atoms with Gasteiger partial charge < -0.3 is 9.15 Å². The normalized spacial score (nSPS) is 15.1. The van der Waals surface area contributed by atoms with Gasteiger partial charge in [-0.25, -0.2) is 9.79 Å².